The summed E-state index contributed by atoms with van der Waals surface area (Å²) in [4.78, 5) is 23.3. The molecule has 0 aliphatic heterocycles. The van der Waals surface area contributed by atoms with E-state index in [2.05, 4.69) is 12.1 Å². The van der Waals surface area contributed by atoms with Crippen molar-refractivity contribution in [3.8, 4) is 0 Å². The summed E-state index contributed by atoms with van der Waals surface area (Å²) >= 11 is 0. The minimum atomic E-state index is -0.508. The molecule has 0 saturated heterocycles. The third-order valence-corrected chi connectivity index (χ3v) is 2.30. The van der Waals surface area contributed by atoms with Gasteiger partial charge in [-0.2, -0.15) is 54.6 Å². The normalized spacial score (nSPS) is 6.44. The molecule has 4 heteroatoms. The molecule has 0 fully saturated rings. The van der Waals surface area contributed by atoms with Crippen molar-refractivity contribution >= 4 is 17.4 Å². The molecule has 0 aliphatic rings. The van der Waals surface area contributed by atoms with Crippen LogP contribution in [0.3, 0.4) is 0 Å². The van der Waals surface area contributed by atoms with Crippen molar-refractivity contribution in [2.75, 3.05) is 11.9 Å². The Balaban J connectivity index is -0.0000000557. The maximum Gasteiger partial charge on any atom is 2.00 e. The average molecular weight is 618 g/mol. The summed E-state index contributed by atoms with van der Waals surface area (Å²) in [7, 11) is 1.57. The molecule has 0 atom stereocenters. The van der Waals surface area contributed by atoms with Crippen LogP contribution in [0.5, 0.6) is 0 Å². The minimum Gasteiger partial charge on any atom is -0.332 e. The minimum absolute atomic E-state index is 0. The molecule has 0 saturated carbocycles. The van der Waals surface area contributed by atoms with Gasteiger partial charge in [0.15, 0.2) is 0 Å². The quantitative estimate of drug-likeness (QED) is 0.250. The Hall–Kier alpha value is -1.73. The molecule has 0 N–H and O–H groups in total. The van der Waals surface area contributed by atoms with Crippen LogP contribution in [0.15, 0.2) is 54.6 Å². The predicted molar refractivity (Wildman–Crippen MR) is 143 cm³/mol. The van der Waals surface area contributed by atoms with E-state index in [1.54, 1.807) is 31.3 Å². The van der Waals surface area contributed by atoms with E-state index < -0.39 is 11.7 Å². The number of rotatable bonds is 2. The molecule has 0 aliphatic carbocycles. The molecule has 0 heterocycles. The van der Waals surface area contributed by atoms with E-state index in [0.717, 1.165) is 0 Å². The Morgan fingerprint density at radius 2 is 0.938 bits per heavy atom. The number of carbonyl (C=O) groups is 2. The number of Topliss-reactive ketones (excluding diaryl/α,β-unsaturated/α-hetero) is 1. The number of nitrogens with zero attached hydrogens (tertiary/aromatic N) is 1. The van der Waals surface area contributed by atoms with Crippen LogP contribution in [-0.2, 0) is 30.7 Å². The fourth-order valence-electron chi connectivity index (χ4n) is 1.30. The van der Waals surface area contributed by atoms with Crippen LogP contribution in [0, 0.1) is 12.1 Å². The Labute approximate surface area is 216 Å². The molecule has 0 radical (unpaired) electrons. The van der Waals surface area contributed by atoms with Crippen LogP contribution in [0.4, 0.5) is 5.69 Å². The summed E-state index contributed by atoms with van der Waals surface area (Å²) in [6, 6.07) is 22.2. The maximum absolute atomic E-state index is 11.2. The van der Waals surface area contributed by atoms with Crippen LogP contribution < -0.4 is 4.90 Å². The van der Waals surface area contributed by atoms with Crippen molar-refractivity contribution in [2.45, 2.75) is 90.0 Å². The van der Waals surface area contributed by atoms with Crippen LogP contribution >= 0.6 is 0 Å². The molecule has 0 spiro atoms. The van der Waals surface area contributed by atoms with Gasteiger partial charge >= 0.3 is 21.1 Å². The second kappa shape index (κ2) is 51.7. The summed E-state index contributed by atoms with van der Waals surface area (Å²) < 4.78 is 0. The van der Waals surface area contributed by atoms with Gasteiger partial charge in [0.05, 0.1) is 0 Å². The first-order valence-corrected chi connectivity index (χ1v) is 11.8. The number of carbonyl (C=O) groups excluding carboxylic acids is 2. The van der Waals surface area contributed by atoms with E-state index in [1.165, 1.54) is 11.8 Å². The van der Waals surface area contributed by atoms with Gasteiger partial charge in [0.1, 0.15) is 0 Å². The molecule has 0 bridgehead atoms. The third-order valence-electron chi connectivity index (χ3n) is 2.30. The van der Waals surface area contributed by atoms with Crippen molar-refractivity contribution in [1.82, 2.24) is 0 Å². The first-order valence-electron chi connectivity index (χ1n) is 11.8. The van der Waals surface area contributed by atoms with Crippen molar-refractivity contribution < 1.29 is 30.7 Å². The van der Waals surface area contributed by atoms with E-state index in [-0.39, 0.29) is 21.1 Å². The molecule has 186 valence electrons. The smallest absolute Gasteiger partial charge is 0.332 e. The Morgan fingerprint density at radius 1 is 0.625 bits per heavy atom. The second-order valence-corrected chi connectivity index (χ2v) is 3.76. The number of anilines is 1. The summed E-state index contributed by atoms with van der Waals surface area (Å²) in [5, 5.41) is 0. The number of ketones is 1. The van der Waals surface area contributed by atoms with Gasteiger partial charge in [0, 0.05) is 14.0 Å². The molecule has 0 unspecified atom stereocenters. The number of hydrogen-bond acceptors (Lipinski definition) is 2. The van der Waals surface area contributed by atoms with Crippen molar-refractivity contribution in [3.63, 3.8) is 0 Å². The topological polar surface area (TPSA) is 37.4 Å². The van der Waals surface area contributed by atoms with E-state index in [4.69, 9.17) is 0 Å². The Kier molecular flexibility index (Phi) is 77.4. The third kappa shape index (κ3) is 35.7. The predicted octanol–water partition coefficient (Wildman–Crippen LogP) is 8.68. The Morgan fingerprint density at radius 3 is 1.16 bits per heavy atom. The zero-order valence-corrected chi connectivity index (χ0v) is 26.3. The first kappa shape index (κ1) is 47.9. The fraction of sp³-hybridized carbons (Fsp3) is 0.500. The van der Waals surface area contributed by atoms with Gasteiger partial charge in [0.2, 0.25) is 5.78 Å². The molecule has 3 nitrogen and oxygen atoms in total. The number of benzene rings is 2. The van der Waals surface area contributed by atoms with Crippen molar-refractivity contribution in [1.29, 1.82) is 0 Å². The van der Waals surface area contributed by atoms with Gasteiger partial charge < -0.3 is 4.90 Å². The number of hydrogen-bond donors (Lipinski definition) is 0. The summed E-state index contributed by atoms with van der Waals surface area (Å²) in [5.41, 5.74) is 0.693. The van der Waals surface area contributed by atoms with E-state index in [1.807, 2.05) is 113 Å². The summed E-state index contributed by atoms with van der Waals surface area (Å²) in [6.07, 6.45) is 0. The van der Waals surface area contributed by atoms with Gasteiger partial charge in [0.25, 0.3) is 5.91 Å². The first-order chi connectivity index (χ1) is 15.1. The van der Waals surface area contributed by atoms with E-state index in [9.17, 15) is 9.59 Å². The maximum atomic E-state index is 11.2. The molecule has 32 heavy (non-hydrogen) atoms. The average Bonchev–Trinajstić information content (AvgIpc) is 2.92. The van der Waals surface area contributed by atoms with Crippen molar-refractivity contribution in [2.24, 2.45) is 0 Å². The largest absolute Gasteiger partial charge is 2.00 e. The molecule has 2 rings (SSSR count). The molecule has 2 aromatic carbocycles. The zero-order valence-electron chi connectivity index (χ0n) is 23.4. The van der Waals surface area contributed by atoms with Gasteiger partial charge in [-0.1, -0.05) is 88.8 Å². The van der Waals surface area contributed by atoms with E-state index >= 15 is 0 Å². The second-order valence-electron chi connectivity index (χ2n) is 3.76. The van der Waals surface area contributed by atoms with Crippen LogP contribution in [0.25, 0.3) is 0 Å². The standard InChI is InChI=1S/C10H10NO2.C6H5.6C2H6.W/c1-8(12)10(13)11(2)9-6-4-3-5-7-9;1-2-4-6-5-3-1;6*1-2;/h4-7H,1-2H3;1-5H;6*1-2H3;/q2*-1;;;;;;;+2. The monoisotopic (exact) mass is 617 g/mol. The summed E-state index contributed by atoms with van der Waals surface area (Å²) in [6.45, 7) is 25.3. The number of amides is 1. The van der Waals surface area contributed by atoms with Gasteiger partial charge in [-0.3, -0.25) is 9.59 Å². The number of likely N-dealkylation sites (N-methyl/N-ethyl adjacent to an activating group) is 1. The zero-order chi connectivity index (χ0) is 26.1. The van der Waals surface area contributed by atoms with Crippen LogP contribution in [-0.4, -0.2) is 18.7 Å². The molecular weight excluding hydrogens is 566 g/mol. The molecular formula is C28H51NO2W. The Bertz CT molecular complexity index is 491. The van der Waals surface area contributed by atoms with Crippen LogP contribution in [0.2, 0.25) is 0 Å². The SMILES string of the molecule is CC.CC.CC.CC.CC.CC.CC(=O)C(=O)N(C)c1cc[c-]cc1.[W+2].[c-]1ccccc1. The summed E-state index contributed by atoms with van der Waals surface area (Å²) in [5.74, 6) is -0.971. The molecule has 2 aromatic rings. The van der Waals surface area contributed by atoms with Crippen molar-refractivity contribution in [3.05, 3.63) is 66.7 Å². The molecule has 1 amide bonds. The fourth-order valence-corrected chi connectivity index (χ4v) is 1.30. The van der Waals surface area contributed by atoms with Gasteiger partial charge in [-0.05, 0) is 0 Å². The van der Waals surface area contributed by atoms with Crippen LogP contribution in [0.1, 0.15) is 90.0 Å². The van der Waals surface area contributed by atoms with Gasteiger partial charge in [-0.15, -0.1) is 12.1 Å². The van der Waals surface area contributed by atoms with Gasteiger partial charge in [-0.25, -0.2) is 0 Å². The van der Waals surface area contributed by atoms with E-state index in [0.29, 0.717) is 5.69 Å². The molecule has 0 aromatic heterocycles.